The van der Waals surface area contributed by atoms with Gasteiger partial charge in [0, 0.05) is 0 Å². The summed E-state index contributed by atoms with van der Waals surface area (Å²) < 4.78 is 22.7. The SMILES string of the molecule is COC(=O)C1CCC(C(=O)OC2CCC(C(C)(C)C3CCC(OC(=O)OC4CCC(C(C)(C)C5CCC(C)CC5)CC4)CC3)CC2)CC1. The van der Waals surface area contributed by atoms with Gasteiger partial charge in [0.05, 0.1) is 18.9 Å². The molecule has 0 aliphatic heterocycles. The van der Waals surface area contributed by atoms with Crippen LogP contribution in [0.25, 0.3) is 0 Å². The van der Waals surface area contributed by atoms with Crippen LogP contribution in [0, 0.1) is 52.3 Å². The molecule has 5 fully saturated rings. The number of hydrogen-bond donors (Lipinski definition) is 0. The van der Waals surface area contributed by atoms with E-state index in [9.17, 15) is 14.4 Å². The fourth-order valence-corrected chi connectivity index (χ4v) is 10.7. The number of esters is 2. The van der Waals surface area contributed by atoms with Gasteiger partial charge in [0.15, 0.2) is 0 Å². The summed E-state index contributed by atoms with van der Waals surface area (Å²) in [4.78, 5) is 37.5. The molecule has 0 heterocycles. The van der Waals surface area contributed by atoms with Gasteiger partial charge >= 0.3 is 18.1 Å². The van der Waals surface area contributed by atoms with Crippen molar-refractivity contribution in [2.24, 2.45) is 52.3 Å². The molecule has 48 heavy (non-hydrogen) atoms. The summed E-state index contributed by atoms with van der Waals surface area (Å²) in [5, 5.41) is 0. The fraction of sp³-hybridized carbons (Fsp3) is 0.927. The molecule has 274 valence electrons. The van der Waals surface area contributed by atoms with Gasteiger partial charge in [-0.1, -0.05) is 47.5 Å². The molecule has 0 saturated heterocycles. The van der Waals surface area contributed by atoms with Crippen LogP contribution in [0.5, 0.6) is 0 Å². The Bertz CT molecular complexity index is 1040. The maximum absolute atomic E-state index is 12.9. The number of carbonyl (C=O) groups is 3. The van der Waals surface area contributed by atoms with Crippen molar-refractivity contribution in [3.8, 4) is 0 Å². The molecule has 0 N–H and O–H groups in total. The first-order valence-corrected chi connectivity index (χ1v) is 20.0. The lowest BCUT2D eigenvalue weighted by Gasteiger charge is -2.46. The number of methoxy groups -OCH3 is 1. The highest BCUT2D eigenvalue weighted by Gasteiger charge is 2.43. The molecule has 5 aliphatic rings. The van der Waals surface area contributed by atoms with Crippen molar-refractivity contribution in [1.82, 2.24) is 0 Å². The van der Waals surface area contributed by atoms with E-state index in [-0.39, 0.29) is 47.5 Å². The van der Waals surface area contributed by atoms with E-state index in [0.29, 0.717) is 42.9 Å². The third kappa shape index (κ3) is 9.30. The zero-order valence-electron chi connectivity index (χ0n) is 31.3. The van der Waals surface area contributed by atoms with Crippen molar-refractivity contribution in [3.05, 3.63) is 0 Å². The average Bonchev–Trinajstić information content (AvgIpc) is 3.09. The van der Waals surface area contributed by atoms with Gasteiger partial charge in [-0.3, -0.25) is 9.59 Å². The first kappa shape index (κ1) is 37.5. The van der Waals surface area contributed by atoms with Crippen LogP contribution in [0.3, 0.4) is 0 Å². The normalized spacial score (nSPS) is 36.8. The minimum atomic E-state index is -0.453. The Morgan fingerprint density at radius 3 is 1.10 bits per heavy atom. The van der Waals surface area contributed by atoms with Gasteiger partial charge in [0.2, 0.25) is 0 Å². The molecular weight excluding hydrogens is 604 g/mol. The van der Waals surface area contributed by atoms with Gasteiger partial charge in [-0.2, -0.15) is 0 Å². The van der Waals surface area contributed by atoms with Crippen LogP contribution < -0.4 is 0 Å². The summed E-state index contributed by atoms with van der Waals surface area (Å²) in [7, 11) is 1.43. The molecule has 0 aromatic heterocycles. The maximum atomic E-state index is 12.9. The summed E-state index contributed by atoms with van der Waals surface area (Å²) in [6, 6.07) is 0. The molecule has 0 radical (unpaired) electrons. The van der Waals surface area contributed by atoms with E-state index in [1.54, 1.807) is 0 Å². The number of hydrogen-bond acceptors (Lipinski definition) is 7. The Kier molecular flexibility index (Phi) is 12.9. The predicted molar refractivity (Wildman–Crippen MR) is 187 cm³/mol. The summed E-state index contributed by atoms with van der Waals surface area (Å²) in [5.41, 5.74) is 0.577. The lowest BCUT2D eigenvalue weighted by molar-refractivity contribution is -0.160. The van der Waals surface area contributed by atoms with E-state index in [4.69, 9.17) is 18.9 Å². The number of ether oxygens (including phenoxy) is 4. The molecule has 5 saturated carbocycles. The monoisotopic (exact) mass is 672 g/mol. The van der Waals surface area contributed by atoms with E-state index in [1.807, 2.05) is 0 Å². The highest BCUT2D eigenvalue weighted by Crippen LogP contribution is 2.51. The molecule has 5 aliphatic carbocycles. The van der Waals surface area contributed by atoms with E-state index in [0.717, 1.165) is 94.8 Å². The molecule has 0 aromatic rings. The van der Waals surface area contributed by atoms with Gasteiger partial charge < -0.3 is 18.9 Å². The van der Waals surface area contributed by atoms with E-state index in [1.165, 1.54) is 32.8 Å². The van der Waals surface area contributed by atoms with Crippen molar-refractivity contribution in [2.45, 2.75) is 181 Å². The molecule has 5 rings (SSSR count). The van der Waals surface area contributed by atoms with Gasteiger partial charge in [-0.15, -0.1) is 0 Å². The molecule has 7 nitrogen and oxygen atoms in total. The quantitative estimate of drug-likeness (QED) is 0.178. The van der Waals surface area contributed by atoms with Crippen LogP contribution >= 0.6 is 0 Å². The molecular formula is C41H68O7. The maximum Gasteiger partial charge on any atom is 0.508 e. The van der Waals surface area contributed by atoms with Crippen LogP contribution in [0.4, 0.5) is 4.79 Å². The Morgan fingerprint density at radius 2 is 0.750 bits per heavy atom. The van der Waals surface area contributed by atoms with E-state index >= 15 is 0 Å². The van der Waals surface area contributed by atoms with Gasteiger partial charge in [0.25, 0.3) is 0 Å². The first-order valence-electron chi connectivity index (χ1n) is 20.0. The third-order valence-electron chi connectivity index (χ3n) is 14.7. The summed E-state index contributed by atoms with van der Waals surface area (Å²) in [5.74, 6) is 3.27. The second-order valence-electron chi connectivity index (χ2n) is 18.0. The predicted octanol–water partition coefficient (Wildman–Crippen LogP) is 10.2. The zero-order valence-corrected chi connectivity index (χ0v) is 31.3. The van der Waals surface area contributed by atoms with Crippen LogP contribution in [0.2, 0.25) is 0 Å². The van der Waals surface area contributed by atoms with Crippen molar-refractivity contribution < 1.29 is 33.3 Å². The second kappa shape index (κ2) is 16.5. The lowest BCUT2D eigenvalue weighted by atomic mass is 9.60. The molecule has 0 bridgehead atoms. The zero-order chi connectivity index (χ0) is 34.5. The fourth-order valence-electron chi connectivity index (χ4n) is 10.7. The second-order valence-corrected chi connectivity index (χ2v) is 18.0. The van der Waals surface area contributed by atoms with Crippen molar-refractivity contribution >= 4 is 18.1 Å². The largest absolute Gasteiger partial charge is 0.508 e. The molecule has 0 aromatic carbocycles. The molecule has 0 unspecified atom stereocenters. The van der Waals surface area contributed by atoms with E-state index < -0.39 is 6.16 Å². The van der Waals surface area contributed by atoms with Gasteiger partial charge in [-0.05, 0) is 156 Å². The smallest absolute Gasteiger partial charge is 0.469 e. The van der Waals surface area contributed by atoms with Crippen molar-refractivity contribution in [3.63, 3.8) is 0 Å². The number of rotatable bonds is 9. The van der Waals surface area contributed by atoms with Crippen LogP contribution in [-0.4, -0.2) is 43.5 Å². The molecule has 0 atom stereocenters. The summed E-state index contributed by atoms with van der Waals surface area (Å²) in [6.07, 6.45) is 20.1. The first-order chi connectivity index (χ1) is 22.9. The Labute approximate surface area is 291 Å². The lowest BCUT2D eigenvalue weighted by Crippen LogP contribution is -2.40. The molecule has 0 amide bonds. The van der Waals surface area contributed by atoms with Crippen molar-refractivity contribution in [1.29, 1.82) is 0 Å². The highest BCUT2D eigenvalue weighted by molar-refractivity contribution is 5.75. The minimum absolute atomic E-state index is 0.00203. The van der Waals surface area contributed by atoms with E-state index in [2.05, 4.69) is 34.6 Å². The summed E-state index contributed by atoms with van der Waals surface area (Å²) in [6.45, 7) is 12.2. The van der Waals surface area contributed by atoms with Gasteiger partial charge in [-0.25, -0.2) is 4.79 Å². The van der Waals surface area contributed by atoms with Gasteiger partial charge in [0.1, 0.15) is 18.3 Å². The third-order valence-corrected chi connectivity index (χ3v) is 14.7. The Morgan fingerprint density at radius 1 is 0.438 bits per heavy atom. The van der Waals surface area contributed by atoms with Crippen LogP contribution in [0.15, 0.2) is 0 Å². The van der Waals surface area contributed by atoms with Crippen LogP contribution in [0.1, 0.15) is 163 Å². The highest BCUT2D eigenvalue weighted by atomic mass is 16.7. The topological polar surface area (TPSA) is 88.1 Å². The summed E-state index contributed by atoms with van der Waals surface area (Å²) >= 11 is 0. The van der Waals surface area contributed by atoms with Crippen molar-refractivity contribution in [2.75, 3.05) is 7.11 Å². The average molecular weight is 673 g/mol. The Hall–Kier alpha value is -1.79. The number of carbonyl (C=O) groups excluding carboxylic acids is 3. The molecule has 0 spiro atoms. The molecule has 7 heteroatoms. The standard InChI is InChI=1S/C41H68O7/c1-27-7-13-30(14-8-27)40(2,3)32-17-23-35(24-18-32)47-39(44)48-36-25-19-33(20-26-36)41(4,5)31-15-21-34(22-16-31)46-38(43)29-11-9-28(10-12-29)37(42)45-6/h27-36H,7-26H2,1-6H3. The minimum Gasteiger partial charge on any atom is -0.469 e. The Balaban J connectivity index is 0.968. The van der Waals surface area contributed by atoms with Crippen LogP contribution in [-0.2, 0) is 28.5 Å².